The maximum Gasteiger partial charge on any atom is 0.134 e. The Balaban J connectivity index is 2.13. The van der Waals surface area contributed by atoms with Crippen molar-refractivity contribution in [3.05, 3.63) is 34.9 Å². The van der Waals surface area contributed by atoms with E-state index < -0.39 is 17.7 Å². The highest BCUT2D eigenvalue weighted by Crippen LogP contribution is 2.44. The van der Waals surface area contributed by atoms with Gasteiger partial charge in [-0.3, -0.25) is 0 Å². The summed E-state index contributed by atoms with van der Waals surface area (Å²) in [6.07, 6.45) is 2.65. The molecule has 1 fully saturated rings. The molecule has 1 saturated carbocycles. The molecule has 1 aliphatic carbocycles. The molecule has 1 unspecified atom stereocenters. The molecule has 1 nitrogen and oxygen atoms in total. The minimum absolute atomic E-state index is 0.0469. The van der Waals surface area contributed by atoms with E-state index in [0.29, 0.717) is 11.5 Å². The fourth-order valence-corrected chi connectivity index (χ4v) is 3.49. The minimum Gasteiger partial charge on any atom is -0.388 e. The van der Waals surface area contributed by atoms with Crippen molar-refractivity contribution >= 4 is 0 Å². The van der Waals surface area contributed by atoms with Gasteiger partial charge in [0.05, 0.1) is 11.7 Å². The first kappa shape index (κ1) is 16.4. The van der Waals surface area contributed by atoms with Crippen LogP contribution < -0.4 is 0 Å². The van der Waals surface area contributed by atoms with Crippen LogP contribution in [0.4, 0.5) is 8.78 Å². The van der Waals surface area contributed by atoms with E-state index in [4.69, 9.17) is 0 Å². The van der Waals surface area contributed by atoms with E-state index in [2.05, 4.69) is 20.8 Å². The Labute approximate surface area is 126 Å². The largest absolute Gasteiger partial charge is 0.388 e. The van der Waals surface area contributed by atoms with Gasteiger partial charge in [0.2, 0.25) is 0 Å². The molecule has 118 valence electrons. The molecule has 1 atom stereocenters. The van der Waals surface area contributed by atoms with E-state index in [9.17, 15) is 13.9 Å². The van der Waals surface area contributed by atoms with Crippen molar-refractivity contribution in [2.75, 3.05) is 0 Å². The number of benzene rings is 1. The van der Waals surface area contributed by atoms with Crippen molar-refractivity contribution in [2.24, 2.45) is 17.3 Å². The molecule has 0 heterocycles. The fraction of sp³-hybridized carbons (Fsp3) is 0.667. The predicted molar refractivity (Wildman–Crippen MR) is 81.0 cm³/mol. The minimum atomic E-state index is -1.04. The van der Waals surface area contributed by atoms with Crippen molar-refractivity contribution in [1.82, 2.24) is 0 Å². The van der Waals surface area contributed by atoms with Crippen molar-refractivity contribution < 1.29 is 13.9 Å². The highest BCUT2D eigenvalue weighted by molar-refractivity contribution is 5.28. The molecule has 1 N–H and O–H groups in total. The first-order valence-electron chi connectivity index (χ1n) is 7.84. The third-order valence-corrected chi connectivity index (χ3v) is 5.06. The topological polar surface area (TPSA) is 20.2 Å². The second kappa shape index (κ2) is 6.04. The summed E-state index contributed by atoms with van der Waals surface area (Å²) in [7, 11) is 0. The molecular weight excluding hydrogens is 270 g/mol. The zero-order valence-electron chi connectivity index (χ0n) is 13.4. The quantitative estimate of drug-likeness (QED) is 0.799. The smallest absolute Gasteiger partial charge is 0.134 e. The fourth-order valence-electron chi connectivity index (χ4n) is 3.49. The molecule has 1 aliphatic rings. The summed E-state index contributed by atoms with van der Waals surface area (Å²) in [5.41, 5.74) is 0.499. The van der Waals surface area contributed by atoms with Gasteiger partial charge in [-0.1, -0.05) is 26.8 Å². The number of aryl methyl sites for hydroxylation is 1. The molecule has 0 aliphatic heterocycles. The van der Waals surface area contributed by atoms with Gasteiger partial charge in [0.25, 0.3) is 0 Å². The average Bonchev–Trinajstić information content (AvgIpc) is 2.42. The van der Waals surface area contributed by atoms with Crippen LogP contribution in [-0.2, 0) is 0 Å². The van der Waals surface area contributed by atoms with E-state index in [1.807, 2.05) is 0 Å². The predicted octanol–water partition coefficient (Wildman–Crippen LogP) is 5.16. The van der Waals surface area contributed by atoms with Gasteiger partial charge in [0.15, 0.2) is 0 Å². The third-order valence-electron chi connectivity index (χ3n) is 5.06. The van der Waals surface area contributed by atoms with Crippen molar-refractivity contribution in [2.45, 2.75) is 59.5 Å². The van der Waals surface area contributed by atoms with E-state index in [1.54, 1.807) is 6.92 Å². The molecule has 0 amide bonds. The standard InChI is InChI=1S/C18H26F2O/c1-11-5-10-14(19)15(16(11)20)17(21)12-6-8-13(9-7-12)18(2,3)4/h5,10,12-13,17,21H,6-9H2,1-4H3. The first-order chi connectivity index (χ1) is 9.71. The Morgan fingerprint density at radius 3 is 2.19 bits per heavy atom. The van der Waals surface area contributed by atoms with E-state index >= 15 is 0 Å². The number of rotatable bonds is 2. The van der Waals surface area contributed by atoms with Crippen LogP contribution in [0.5, 0.6) is 0 Å². The Morgan fingerprint density at radius 1 is 1.10 bits per heavy atom. The van der Waals surface area contributed by atoms with Gasteiger partial charge >= 0.3 is 0 Å². The lowest BCUT2D eigenvalue weighted by atomic mass is 9.68. The summed E-state index contributed by atoms with van der Waals surface area (Å²) in [6.45, 7) is 8.29. The lowest BCUT2D eigenvalue weighted by Gasteiger charge is -2.38. The summed E-state index contributed by atoms with van der Waals surface area (Å²) in [5.74, 6) is -0.661. The SMILES string of the molecule is Cc1ccc(F)c(C(O)C2CCC(C(C)(C)C)CC2)c1F. The Morgan fingerprint density at radius 2 is 1.67 bits per heavy atom. The van der Waals surface area contributed by atoms with Crippen LogP contribution >= 0.6 is 0 Å². The highest BCUT2D eigenvalue weighted by Gasteiger charge is 2.34. The first-order valence-corrected chi connectivity index (χ1v) is 7.84. The van der Waals surface area contributed by atoms with Crippen molar-refractivity contribution in [3.8, 4) is 0 Å². The van der Waals surface area contributed by atoms with Gasteiger partial charge in [-0.2, -0.15) is 0 Å². The molecule has 1 aromatic carbocycles. The summed E-state index contributed by atoms with van der Waals surface area (Å²) >= 11 is 0. The van der Waals surface area contributed by atoms with Crippen LogP contribution in [0.15, 0.2) is 12.1 Å². The number of hydrogen-bond donors (Lipinski definition) is 1. The number of halogens is 2. The molecule has 0 spiro atoms. The van der Waals surface area contributed by atoms with Gasteiger partial charge in [-0.05, 0) is 61.5 Å². The number of aliphatic hydroxyl groups is 1. The summed E-state index contributed by atoms with van der Waals surface area (Å²) in [4.78, 5) is 0. The van der Waals surface area contributed by atoms with Gasteiger partial charge in [-0.15, -0.1) is 0 Å². The molecular formula is C18H26F2O. The van der Waals surface area contributed by atoms with Gasteiger partial charge < -0.3 is 5.11 Å². The van der Waals surface area contributed by atoms with Crippen LogP contribution in [-0.4, -0.2) is 5.11 Å². The summed E-state index contributed by atoms with van der Waals surface area (Å²) in [5, 5.41) is 10.4. The monoisotopic (exact) mass is 296 g/mol. The van der Waals surface area contributed by atoms with Crippen LogP contribution in [0.25, 0.3) is 0 Å². The Bertz CT molecular complexity index is 497. The third kappa shape index (κ3) is 3.45. The van der Waals surface area contributed by atoms with Crippen molar-refractivity contribution in [1.29, 1.82) is 0 Å². The van der Waals surface area contributed by atoms with E-state index in [0.717, 1.165) is 25.7 Å². The number of hydrogen-bond acceptors (Lipinski definition) is 1. The summed E-state index contributed by atoms with van der Waals surface area (Å²) in [6, 6.07) is 2.66. The average molecular weight is 296 g/mol. The normalized spacial score (nSPS) is 24.9. The molecule has 0 saturated heterocycles. The maximum atomic E-state index is 14.1. The summed E-state index contributed by atoms with van der Waals surface area (Å²) < 4.78 is 28.0. The maximum absolute atomic E-state index is 14.1. The molecule has 21 heavy (non-hydrogen) atoms. The van der Waals surface area contributed by atoms with Crippen LogP contribution in [0, 0.1) is 35.8 Å². The molecule has 2 rings (SSSR count). The van der Waals surface area contributed by atoms with Gasteiger partial charge in [0.1, 0.15) is 11.6 Å². The molecule has 0 bridgehead atoms. The van der Waals surface area contributed by atoms with Gasteiger partial charge in [-0.25, -0.2) is 8.78 Å². The number of aliphatic hydroxyl groups excluding tert-OH is 1. The molecule has 1 aromatic rings. The Hall–Kier alpha value is -0.960. The van der Waals surface area contributed by atoms with Crippen LogP contribution in [0.3, 0.4) is 0 Å². The van der Waals surface area contributed by atoms with Crippen LogP contribution in [0.2, 0.25) is 0 Å². The molecule has 0 radical (unpaired) electrons. The van der Waals surface area contributed by atoms with Crippen LogP contribution in [0.1, 0.15) is 63.7 Å². The zero-order chi connectivity index (χ0) is 15.8. The zero-order valence-corrected chi connectivity index (χ0v) is 13.4. The molecule has 0 aromatic heterocycles. The van der Waals surface area contributed by atoms with Gasteiger partial charge in [0, 0.05) is 0 Å². The molecule has 3 heteroatoms. The van der Waals surface area contributed by atoms with E-state index in [-0.39, 0.29) is 16.9 Å². The highest BCUT2D eigenvalue weighted by atomic mass is 19.1. The lowest BCUT2D eigenvalue weighted by Crippen LogP contribution is -2.28. The second-order valence-corrected chi connectivity index (χ2v) is 7.51. The Kier molecular flexibility index (Phi) is 4.72. The second-order valence-electron chi connectivity index (χ2n) is 7.51. The van der Waals surface area contributed by atoms with Crippen molar-refractivity contribution in [3.63, 3.8) is 0 Å². The van der Waals surface area contributed by atoms with E-state index in [1.165, 1.54) is 12.1 Å². The lowest BCUT2D eigenvalue weighted by molar-refractivity contribution is 0.0482.